The van der Waals surface area contributed by atoms with Gasteiger partial charge in [0.05, 0.1) is 25.8 Å². The Balaban J connectivity index is 2.83. The Bertz CT molecular complexity index is 415. The summed E-state index contributed by atoms with van der Waals surface area (Å²) < 4.78 is 5.17. The van der Waals surface area contributed by atoms with Gasteiger partial charge in [0.2, 0.25) is 0 Å². The SMILES string of the molecule is COc1ccccc1C(=O)CN(C)C(C)(C)CO. The van der Waals surface area contributed by atoms with E-state index in [0.717, 1.165) is 0 Å². The number of aliphatic hydroxyl groups is 1. The molecule has 1 N–H and O–H groups in total. The van der Waals surface area contributed by atoms with Gasteiger partial charge >= 0.3 is 0 Å². The summed E-state index contributed by atoms with van der Waals surface area (Å²) in [5.74, 6) is 0.564. The van der Waals surface area contributed by atoms with E-state index >= 15 is 0 Å². The maximum atomic E-state index is 12.2. The van der Waals surface area contributed by atoms with Gasteiger partial charge in [0.25, 0.3) is 0 Å². The van der Waals surface area contributed by atoms with E-state index in [9.17, 15) is 9.90 Å². The monoisotopic (exact) mass is 251 g/mol. The Morgan fingerprint density at radius 1 is 1.39 bits per heavy atom. The molecule has 0 unspecified atom stereocenters. The Morgan fingerprint density at radius 3 is 2.56 bits per heavy atom. The van der Waals surface area contributed by atoms with E-state index < -0.39 is 5.54 Å². The number of likely N-dealkylation sites (N-methyl/N-ethyl adjacent to an activating group) is 1. The van der Waals surface area contributed by atoms with Gasteiger partial charge in [0.1, 0.15) is 5.75 Å². The van der Waals surface area contributed by atoms with Gasteiger partial charge < -0.3 is 9.84 Å². The van der Waals surface area contributed by atoms with Crippen molar-refractivity contribution in [2.24, 2.45) is 0 Å². The number of ketones is 1. The molecule has 0 aromatic heterocycles. The summed E-state index contributed by atoms with van der Waals surface area (Å²) in [5, 5.41) is 9.27. The van der Waals surface area contributed by atoms with Crippen LogP contribution in [-0.4, -0.2) is 48.6 Å². The first-order valence-corrected chi connectivity index (χ1v) is 5.90. The van der Waals surface area contributed by atoms with Crippen LogP contribution in [0.2, 0.25) is 0 Å². The van der Waals surface area contributed by atoms with Crippen molar-refractivity contribution in [3.05, 3.63) is 29.8 Å². The topological polar surface area (TPSA) is 49.8 Å². The van der Waals surface area contributed by atoms with E-state index in [1.807, 2.05) is 37.9 Å². The number of aliphatic hydroxyl groups excluding tert-OH is 1. The van der Waals surface area contributed by atoms with Crippen LogP contribution in [0.25, 0.3) is 0 Å². The highest BCUT2D eigenvalue weighted by atomic mass is 16.5. The minimum absolute atomic E-state index is 0.00268. The number of rotatable bonds is 6. The van der Waals surface area contributed by atoms with Crippen LogP contribution < -0.4 is 4.74 Å². The Labute approximate surface area is 108 Å². The Morgan fingerprint density at radius 2 is 2.00 bits per heavy atom. The zero-order valence-electron chi connectivity index (χ0n) is 11.4. The van der Waals surface area contributed by atoms with Crippen LogP contribution in [0.4, 0.5) is 0 Å². The first-order valence-electron chi connectivity index (χ1n) is 5.90. The quantitative estimate of drug-likeness (QED) is 0.780. The number of hydrogen-bond acceptors (Lipinski definition) is 4. The molecule has 0 atom stereocenters. The molecule has 0 fully saturated rings. The van der Waals surface area contributed by atoms with Crippen LogP contribution in [0, 0.1) is 0 Å². The smallest absolute Gasteiger partial charge is 0.180 e. The molecule has 4 nitrogen and oxygen atoms in total. The fourth-order valence-corrected chi connectivity index (χ4v) is 1.51. The molecule has 0 aliphatic carbocycles. The molecule has 0 saturated carbocycles. The van der Waals surface area contributed by atoms with Crippen molar-refractivity contribution < 1.29 is 14.6 Å². The minimum Gasteiger partial charge on any atom is -0.496 e. The molecule has 1 aromatic rings. The summed E-state index contributed by atoms with van der Waals surface area (Å²) in [6.07, 6.45) is 0. The molecule has 100 valence electrons. The summed E-state index contributed by atoms with van der Waals surface area (Å²) in [5.41, 5.74) is 0.151. The number of hydrogen-bond donors (Lipinski definition) is 1. The van der Waals surface area contributed by atoms with Crippen LogP contribution in [0.15, 0.2) is 24.3 Å². The number of benzene rings is 1. The molecule has 0 spiro atoms. The average molecular weight is 251 g/mol. The summed E-state index contributed by atoms with van der Waals surface area (Å²) in [6, 6.07) is 7.16. The second-order valence-electron chi connectivity index (χ2n) is 4.95. The van der Waals surface area contributed by atoms with Crippen LogP contribution in [-0.2, 0) is 0 Å². The predicted octanol–water partition coefficient (Wildman–Crippen LogP) is 1.58. The van der Waals surface area contributed by atoms with E-state index in [1.54, 1.807) is 19.2 Å². The van der Waals surface area contributed by atoms with Crippen molar-refractivity contribution in [2.45, 2.75) is 19.4 Å². The Kier molecular flexibility index (Phi) is 4.87. The molecule has 0 amide bonds. The zero-order valence-corrected chi connectivity index (χ0v) is 11.4. The third-order valence-electron chi connectivity index (χ3n) is 3.21. The lowest BCUT2D eigenvalue weighted by molar-refractivity contribution is 0.0657. The van der Waals surface area contributed by atoms with Crippen LogP contribution in [0.1, 0.15) is 24.2 Å². The lowest BCUT2D eigenvalue weighted by Crippen LogP contribution is -2.46. The molecule has 0 bridgehead atoms. The van der Waals surface area contributed by atoms with Crippen molar-refractivity contribution in [2.75, 3.05) is 27.3 Å². The van der Waals surface area contributed by atoms with Crippen molar-refractivity contribution in [1.82, 2.24) is 4.90 Å². The molecule has 0 aliphatic heterocycles. The van der Waals surface area contributed by atoms with Gasteiger partial charge in [-0.05, 0) is 33.0 Å². The molecule has 0 heterocycles. The highest BCUT2D eigenvalue weighted by Gasteiger charge is 2.25. The minimum atomic E-state index is -0.419. The number of ether oxygens (including phenoxy) is 1. The largest absolute Gasteiger partial charge is 0.496 e. The standard InChI is InChI=1S/C14H21NO3/c1-14(2,10-16)15(3)9-12(17)11-7-5-6-8-13(11)18-4/h5-8,16H,9-10H2,1-4H3. The molecule has 18 heavy (non-hydrogen) atoms. The normalized spacial score (nSPS) is 11.7. The lowest BCUT2D eigenvalue weighted by atomic mass is 10.0. The molecule has 0 aliphatic rings. The average Bonchev–Trinajstić information content (AvgIpc) is 2.38. The number of methoxy groups -OCH3 is 1. The van der Waals surface area contributed by atoms with E-state index in [-0.39, 0.29) is 18.9 Å². The second-order valence-corrected chi connectivity index (χ2v) is 4.95. The van der Waals surface area contributed by atoms with E-state index in [0.29, 0.717) is 11.3 Å². The third-order valence-corrected chi connectivity index (χ3v) is 3.21. The van der Waals surface area contributed by atoms with E-state index in [4.69, 9.17) is 4.74 Å². The van der Waals surface area contributed by atoms with Gasteiger partial charge in [-0.25, -0.2) is 0 Å². The number of nitrogens with zero attached hydrogens (tertiary/aromatic N) is 1. The number of carbonyl (C=O) groups is 1. The highest BCUT2D eigenvalue weighted by molar-refractivity contribution is 6.00. The summed E-state index contributed by atoms with van der Waals surface area (Å²) in [4.78, 5) is 14.0. The molecule has 4 heteroatoms. The number of para-hydroxylation sites is 1. The van der Waals surface area contributed by atoms with Gasteiger partial charge in [-0.15, -0.1) is 0 Å². The van der Waals surface area contributed by atoms with Crippen LogP contribution in [0.5, 0.6) is 5.75 Å². The van der Waals surface area contributed by atoms with Gasteiger partial charge in [-0.1, -0.05) is 12.1 Å². The molecular formula is C14H21NO3. The molecule has 0 saturated heterocycles. The van der Waals surface area contributed by atoms with Gasteiger partial charge in [-0.3, -0.25) is 9.69 Å². The first kappa shape index (κ1) is 14.7. The summed E-state index contributed by atoms with van der Waals surface area (Å²) in [7, 11) is 3.37. The highest BCUT2D eigenvalue weighted by Crippen LogP contribution is 2.19. The van der Waals surface area contributed by atoms with Gasteiger partial charge in [-0.2, -0.15) is 0 Å². The zero-order chi connectivity index (χ0) is 13.8. The fraction of sp³-hybridized carbons (Fsp3) is 0.500. The van der Waals surface area contributed by atoms with E-state index in [1.165, 1.54) is 0 Å². The molecule has 1 aromatic carbocycles. The van der Waals surface area contributed by atoms with Crippen molar-refractivity contribution in [3.8, 4) is 5.75 Å². The third kappa shape index (κ3) is 3.31. The maximum absolute atomic E-state index is 12.2. The second kappa shape index (κ2) is 5.98. The van der Waals surface area contributed by atoms with Gasteiger partial charge in [0.15, 0.2) is 5.78 Å². The summed E-state index contributed by atoms with van der Waals surface area (Å²) >= 11 is 0. The number of carbonyl (C=O) groups excluding carboxylic acids is 1. The first-order chi connectivity index (χ1) is 8.42. The molecular weight excluding hydrogens is 230 g/mol. The Hall–Kier alpha value is -1.39. The van der Waals surface area contributed by atoms with Gasteiger partial charge in [0, 0.05) is 5.54 Å². The van der Waals surface area contributed by atoms with Crippen molar-refractivity contribution in [1.29, 1.82) is 0 Å². The fourth-order valence-electron chi connectivity index (χ4n) is 1.51. The maximum Gasteiger partial charge on any atom is 0.180 e. The predicted molar refractivity (Wildman–Crippen MR) is 71.1 cm³/mol. The lowest BCUT2D eigenvalue weighted by Gasteiger charge is -2.33. The number of Topliss-reactive ketones (excluding diaryl/α,β-unsaturated/α-hetero) is 1. The van der Waals surface area contributed by atoms with Crippen LogP contribution in [0.3, 0.4) is 0 Å². The van der Waals surface area contributed by atoms with E-state index in [2.05, 4.69) is 0 Å². The molecule has 1 rings (SSSR count). The van der Waals surface area contributed by atoms with Crippen molar-refractivity contribution in [3.63, 3.8) is 0 Å². The summed E-state index contributed by atoms with van der Waals surface area (Å²) in [6.45, 7) is 4.03. The van der Waals surface area contributed by atoms with Crippen molar-refractivity contribution >= 4 is 5.78 Å². The molecule has 0 radical (unpaired) electrons. The van der Waals surface area contributed by atoms with Crippen LogP contribution >= 0.6 is 0 Å².